The normalized spacial score (nSPS) is 10.6. The molecular weight excluding hydrogens is 434 g/mol. The van der Waals surface area contributed by atoms with Gasteiger partial charge in [-0.25, -0.2) is 4.98 Å². The summed E-state index contributed by atoms with van der Waals surface area (Å²) >= 11 is 1.20. The molecule has 164 valence electrons. The molecule has 4 rings (SSSR count). The van der Waals surface area contributed by atoms with Gasteiger partial charge in [0.15, 0.2) is 0 Å². The fraction of sp³-hybridized carbons (Fsp3) is 0.160. The Balaban J connectivity index is 1.66. The van der Waals surface area contributed by atoms with Gasteiger partial charge < -0.3 is 4.42 Å². The van der Waals surface area contributed by atoms with Gasteiger partial charge in [-0.1, -0.05) is 83.9 Å². The lowest BCUT2D eigenvalue weighted by molar-refractivity contribution is -0.113. The number of rotatable bonds is 7. The van der Waals surface area contributed by atoms with E-state index in [9.17, 15) is 10.1 Å². The first-order valence-electron chi connectivity index (χ1n) is 10.4. The van der Waals surface area contributed by atoms with E-state index < -0.39 is 0 Å². The van der Waals surface area contributed by atoms with Gasteiger partial charge in [-0.3, -0.25) is 10.1 Å². The van der Waals surface area contributed by atoms with Crippen molar-refractivity contribution in [1.29, 1.82) is 5.26 Å². The fourth-order valence-corrected chi connectivity index (χ4v) is 3.99. The molecule has 2 heterocycles. The second-order valence-electron chi connectivity index (χ2n) is 7.27. The van der Waals surface area contributed by atoms with E-state index in [0.29, 0.717) is 22.9 Å². The van der Waals surface area contributed by atoms with Gasteiger partial charge in [-0.05, 0) is 18.6 Å². The van der Waals surface area contributed by atoms with Gasteiger partial charge in [0.2, 0.25) is 11.8 Å². The van der Waals surface area contributed by atoms with Crippen LogP contribution in [0.15, 0.2) is 70.1 Å². The molecule has 0 atom stereocenters. The second-order valence-corrected chi connectivity index (χ2v) is 8.23. The minimum atomic E-state index is -0.320. The van der Waals surface area contributed by atoms with Gasteiger partial charge in [0.05, 0.1) is 17.0 Å². The van der Waals surface area contributed by atoms with Crippen LogP contribution in [-0.2, 0) is 11.2 Å². The molecule has 2 aromatic carbocycles. The summed E-state index contributed by atoms with van der Waals surface area (Å²) < 4.78 is 5.33. The molecule has 0 aliphatic heterocycles. The molecule has 1 N–H and O–H groups in total. The van der Waals surface area contributed by atoms with Crippen LogP contribution in [0.5, 0.6) is 0 Å². The van der Waals surface area contributed by atoms with E-state index >= 15 is 0 Å². The highest BCUT2D eigenvalue weighted by Gasteiger charge is 2.18. The van der Waals surface area contributed by atoms with E-state index in [0.717, 1.165) is 27.9 Å². The number of benzene rings is 2. The maximum absolute atomic E-state index is 12.5. The predicted octanol–water partition coefficient (Wildman–Crippen LogP) is 5.27. The third kappa shape index (κ3) is 5.27. The topological polar surface area (TPSA) is 105 Å². The number of pyridine rings is 1. The lowest BCUT2D eigenvalue weighted by Crippen LogP contribution is -2.14. The highest BCUT2D eigenvalue weighted by molar-refractivity contribution is 8.00. The SMILES string of the molecule is CCc1nnc(NC(=O)CSc2nc(-c3ccc(C)cc3)cc(-c3ccccc3)c2C#N)o1. The Morgan fingerprint density at radius 1 is 1.09 bits per heavy atom. The summed E-state index contributed by atoms with van der Waals surface area (Å²) in [5, 5.41) is 20.7. The van der Waals surface area contributed by atoms with Gasteiger partial charge in [0, 0.05) is 17.5 Å². The maximum atomic E-state index is 12.5. The van der Waals surface area contributed by atoms with Crippen LogP contribution in [0, 0.1) is 18.3 Å². The number of anilines is 1. The number of hydrogen-bond donors (Lipinski definition) is 1. The second kappa shape index (κ2) is 10.1. The number of nitriles is 1. The molecule has 33 heavy (non-hydrogen) atoms. The molecule has 1 amide bonds. The van der Waals surface area contributed by atoms with Crippen LogP contribution in [0.1, 0.15) is 23.9 Å². The minimum Gasteiger partial charge on any atom is -0.408 e. The molecule has 0 saturated heterocycles. The number of thioether (sulfide) groups is 1. The number of hydrogen-bond acceptors (Lipinski definition) is 7. The Morgan fingerprint density at radius 3 is 2.52 bits per heavy atom. The first kappa shape index (κ1) is 22.2. The number of aryl methyl sites for hydroxylation is 2. The molecule has 0 saturated carbocycles. The fourth-order valence-electron chi connectivity index (χ4n) is 3.19. The number of carbonyl (C=O) groups excluding carboxylic acids is 1. The average Bonchev–Trinajstić information content (AvgIpc) is 3.30. The summed E-state index contributed by atoms with van der Waals surface area (Å²) in [5.74, 6) is 0.167. The molecule has 0 spiro atoms. The monoisotopic (exact) mass is 455 g/mol. The van der Waals surface area contributed by atoms with Crippen LogP contribution in [0.2, 0.25) is 0 Å². The van der Waals surface area contributed by atoms with Crippen molar-refractivity contribution in [2.45, 2.75) is 25.3 Å². The lowest BCUT2D eigenvalue weighted by Gasteiger charge is -2.12. The third-order valence-electron chi connectivity index (χ3n) is 4.89. The van der Waals surface area contributed by atoms with E-state index in [1.54, 1.807) is 0 Å². The van der Waals surface area contributed by atoms with Crippen LogP contribution < -0.4 is 5.32 Å². The molecule has 8 heteroatoms. The predicted molar refractivity (Wildman–Crippen MR) is 128 cm³/mol. The molecule has 0 bridgehead atoms. The molecule has 0 radical (unpaired) electrons. The summed E-state index contributed by atoms with van der Waals surface area (Å²) in [6, 6.07) is 22.0. The lowest BCUT2D eigenvalue weighted by atomic mass is 9.99. The third-order valence-corrected chi connectivity index (χ3v) is 5.86. The molecule has 0 fully saturated rings. The number of nitrogens with one attached hydrogen (secondary N) is 1. The van der Waals surface area contributed by atoms with Crippen molar-refractivity contribution < 1.29 is 9.21 Å². The van der Waals surface area contributed by atoms with Crippen molar-refractivity contribution in [2.75, 3.05) is 11.1 Å². The van der Waals surface area contributed by atoms with Crippen molar-refractivity contribution in [3.05, 3.63) is 77.7 Å². The Bertz CT molecular complexity index is 1310. The van der Waals surface area contributed by atoms with Crippen molar-refractivity contribution in [1.82, 2.24) is 15.2 Å². The quantitative estimate of drug-likeness (QED) is 0.378. The highest BCUT2D eigenvalue weighted by Crippen LogP contribution is 2.34. The highest BCUT2D eigenvalue weighted by atomic mass is 32.2. The average molecular weight is 456 g/mol. The van der Waals surface area contributed by atoms with Crippen LogP contribution in [-0.4, -0.2) is 26.8 Å². The van der Waals surface area contributed by atoms with E-state index in [-0.39, 0.29) is 17.7 Å². The summed E-state index contributed by atoms with van der Waals surface area (Å²) in [6.45, 7) is 3.91. The number of nitrogens with zero attached hydrogens (tertiary/aromatic N) is 4. The van der Waals surface area contributed by atoms with Crippen LogP contribution in [0.25, 0.3) is 22.4 Å². The first-order chi connectivity index (χ1) is 16.1. The summed E-state index contributed by atoms with van der Waals surface area (Å²) in [4.78, 5) is 17.2. The maximum Gasteiger partial charge on any atom is 0.322 e. The van der Waals surface area contributed by atoms with Crippen molar-refractivity contribution in [2.24, 2.45) is 0 Å². The summed E-state index contributed by atoms with van der Waals surface area (Å²) in [5.41, 5.74) is 4.94. The van der Waals surface area contributed by atoms with Gasteiger partial charge in [0.1, 0.15) is 11.1 Å². The van der Waals surface area contributed by atoms with Crippen LogP contribution >= 0.6 is 11.8 Å². The van der Waals surface area contributed by atoms with E-state index in [1.807, 2.05) is 74.5 Å². The summed E-state index contributed by atoms with van der Waals surface area (Å²) in [7, 11) is 0. The Labute approximate surface area is 195 Å². The van der Waals surface area contributed by atoms with E-state index in [1.165, 1.54) is 11.8 Å². The van der Waals surface area contributed by atoms with Gasteiger partial charge in [0.25, 0.3) is 0 Å². The molecule has 7 nitrogen and oxygen atoms in total. The smallest absolute Gasteiger partial charge is 0.322 e. The van der Waals surface area contributed by atoms with Crippen LogP contribution in [0.4, 0.5) is 6.01 Å². The molecule has 0 unspecified atom stereocenters. The zero-order valence-corrected chi connectivity index (χ0v) is 19.0. The first-order valence-corrected chi connectivity index (χ1v) is 11.4. The summed E-state index contributed by atoms with van der Waals surface area (Å²) in [6.07, 6.45) is 0.584. The molecule has 0 aliphatic rings. The standard InChI is InChI=1S/C25H21N5O2S/c1-3-23-29-30-25(32-23)28-22(31)15-33-24-20(14-26)19(17-7-5-4-6-8-17)13-21(27-24)18-11-9-16(2)10-12-18/h4-13H,3,15H2,1-2H3,(H,28,30,31). The molecule has 4 aromatic rings. The molecular formula is C25H21N5O2S. The van der Waals surface area contributed by atoms with Gasteiger partial charge in [-0.2, -0.15) is 5.26 Å². The van der Waals surface area contributed by atoms with Gasteiger partial charge in [-0.15, -0.1) is 5.10 Å². The van der Waals surface area contributed by atoms with Gasteiger partial charge >= 0.3 is 6.01 Å². The van der Waals surface area contributed by atoms with Crippen molar-refractivity contribution in [3.8, 4) is 28.5 Å². The van der Waals surface area contributed by atoms with E-state index in [2.05, 4.69) is 21.6 Å². The van der Waals surface area contributed by atoms with Crippen molar-refractivity contribution >= 4 is 23.7 Å². The zero-order valence-electron chi connectivity index (χ0n) is 18.2. The van der Waals surface area contributed by atoms with Crippen molar-refractivity contribution in [3.63, 3.8) is 0 Å². The number of amides is 1. The number of aromatic nitrogens is 3. The molecule has 0 aliphatic carbocycles. The Morgan fingerprint density at radius 2 is 1.85 bits per heavy atom. The largest absolute Gasteiger partial charge is 0.408 e. The number of carbonyl (C=O) groups is 1. The minimum absolute atomic E-state index is 0.0388. The van der Waals surface area contributed by atoms with E-state index in [4.69, 9.17) is 9.40 Å². The zero-order chi connectivity index (χ0) is 23.2. The Hall–Kier alpha value is -3.96. The molecule has 2 aromatic heterocycles. The van der Waals surface area contributed by atoms with Crippen LogP contribution in [0.3, 0.4) is 0 Å². The Kier molecular flexibility index (Phi) is 6.81.